The van der Waals surface area contributed by atoms with Crippen LogP contribution in [0.15, 0.2) is 36.8 Å². The molecule has 3 rings (SSSR count). The van der Waals surface area contributed by atoms with Gasteiger partial charge < -0.3 is 10.1 Å². The summed E-state index contributed by atoms with van der Waals surface area (Å²) in [5.74, 6) is -0.00333. The molecular formula is C15H16FN3O. The molecule has 0 atom stereocenters. The number of pyridine rings is 2. The van der Waals surface area contributed by atoms with E-state index in [1.165, 1.54) is 0 Å². The molecule has 0 aromatic carbocycles. The van der Waals surface area contributed by atoms with Crippen LogP contribution in [0.2, 0.25) is 0 Å². The average molecular weight is 273 g/mol. The lowest BCUT2D eigenvalue weighted by Crippen LogP contribution is -2.28. The summed E-state index contributed by atoms with van der Waals surface area (Å²) >= 11 is 0. The molecule has 0 aliphatic carbocycles. The molecule has 0 saturated carbocycles. The Bertz CT molecular complexity index is 571. The lowest BCUT2D eigenvalue weighted by molar-refractivity contribution is 0.0903. The number of nitrogens with one attached hydrogen (secondary N) is 1. The topological polar surface area (TPSA) is 47.0 Å². The largest absolute Gasteiger partial charge is 0.381 e. The van der Waals surface area contributed by atoms with Crippen LogP contribution in [0.25, 0.3) is 11.1 Å². The van der Waals surface area contributed by atoms with Crippen LogP contribution in [0.3, 0.4) is 0 Å². The summed E-state index contributed by atoms with van der Waals surface area (Å²) in [7, 11) is 0. The Morgan fingerprint density at radius 2 is 1.85 bits per heavy atom. The Balaban J connectivity index is 1.85. The molecule has 20 heavy (non-hydrogen) atoms. The van der Waals surface area contributed by atoms with Crippen LogP contribution in [-0.2, 0) is 4.74 Å². The molecule has 1 saturated heterocycles. The highest BCUT2D eigenvalue weighted by Crippen LogP contribution is 2.26. The summed E-state index contributed by atoms with van der Waals surface area (Å²) in [6.45, 7) is 1.42. The quantitative estimate of drug-likeness (QED) is 0.934. The van der Waals surface area contributed by atoms with Crippen LogP contribution in [0, 0.1) is 5.82 Å². The van der Waals surface area contributed by atoms with Crippen LogP contribution >= 0.6 is 0 Å². The molecule has 1 fully saturated rings. The Morgan fingerprint density at radius 3 is 2.60 bits per heavy atom. The minimum absolute atomic E-state index is 0.221. The molecule has 4 nitrogen and oxygen atoms in total. The monoisotopic (exact) mass is 273 g/mol. The lowest BCUT2D eigenvalue weighted by Gasteiger charge is -2.24. The first-order chi connectivity index (χ1) is 9.84. The van der Waals surface area contributed by atoms with E-state index in [-0.39, 0.29) is 11.9 Å². The summed E-state index contributed by atoms with van der Waals surface area (Å²) in [5, 5.41) is 3.18. The molecule has 1 N–H and O–H groups in total. The SMILES string of the molecule is Fc1c(-c2ccncc2)ccnc1NC1CCOCC1. The highest BCUT2D eigenvalue weighted by Gasteiger charge is 2.17. The van der Waals surface area contributed by atoms with Crippen LogP contribution < -0.4 is 5.32 Å². The third-order valence-electron chi connectivity index (χ3n) is 3.44. The number of rotatable bonds is 3. The van der Waals surface area contributed by atoms with Crippen molar-refractivity contribution in [1.82, 2.24) is 9.97 Å². The van der Waals surface area contributed by atoms with Gasteiger partial charge in [0.15, 0.2) is 11.6 Å². The minimum Gasteiger partial charge on any atom is -0.381 e. The molecule has 0 bridgehead atoms. The van der Waals surface area contributed by atoms with Gasteiger partial charge in [-0.25, -0.2) is 9.37 Å². The molecule has 2 aromatic heterocycles. The molecular weight excluding hydrogens is 257 g/mol. The number of hydrogen-bond donors (Lipinski definition) is 1. The van der Waals surface area contributed by atoms with E-state index < -0.39 is 0 Å². The van der Waals surface area contributed by atoms with Gasteiger partial charge in [0.1, 0.15) is 0 Å². The van der Waals surface area contributed by atoms with Crippen LogP contribution in [0.1, 0.15) is 12.8 Å². The van der Waals surface area contributed by atoms with Crippen molar-refractivity contribution in [1.29, 1.82) is 0 Å². The number of ether oxygens (including phenoxy) is 1. The first kappa shape index (κ1) is 13.0. The number of hydrogen-bond acceptors (Lipinski definition) is 4. The summed E-state index contributed by atoms with van der Waals surface area (Å²) in [6.07, 6.45) is 6.68. The molecule has 2 aromatic rings. The van der Waals surface area contributed by atoms with Crippen molar-refractivity contribution < 1.29 is 9.13 Å². The zero-order valence-corrected chi connectivity index (χ0v) is 11.1. The maximum atomic E-state index is 14.5. The highest BCUT2D eigenvalue weighted by atomic mass is 19.1. The molecule has 0 amide bonds. The normalized spacial score (nSPS) is 16.1. The van der Waals surface area contributed by atoms with E-state index in [0.29, 0.717) is 24.6 Å². The van der Waals surface area contributed by atoms with Crippen molar-refractivity contribution in [3.8, 4) is 11.1 Å². The number of anilines is 1. The zero-order chi connectivity index (χ0) is 13.8. The van der Waals surface area contributed by atoms with E-state index >= 15 is 0 Å². The van der Waals surface area contributed by atoms with E-state index in [4.69, 9.17) is 4.74 Å². The lowest BCUT2D eigenvalue weighted by atomic mass is 10.1. The first-order valence-electron chi connectivity index (χ1n) is 6.74. The molecule has 5 heteroatoms. The fourth-order valence-electron chi connectivity index (χ4n) is 2.33. The number of aromatic nitrogens is 2. The maximum Gasteiger partial charge on any atom is 0.173 e. The fourth-order valence-corrected chi connectivity index (χ4v) is 2.33. The fraction of sp³-hybridized carbons (Fsp3) is 0.333. The predicted octanol–water partition coefficient (Wildman–Crippen LogP) is 2.87. The molecule has 0 unspecified atom stereocenters. The van der Waals surface area contributed by atoms with Gasteiger partial charge >= 0.3 is 0 Å². The smallest absolute Gasteiger partial charge is 0.173 e. The Kier molecular flexibility index (Phi) is 3.87. The van der Waals surface area contributed by atoms with Crippen LogP contribution in [0.5, 0.6) is 0 Å². The molecule has 1 aliphatic heterocycles. The van der Waals surface area contributed by atoms with Crippen LogP contribution in [-0.4, -0.2) is 29.2 Å². The summed E-state index contributed by atoms with van der Waals surface area (Å²) in [5.41, 5.74) is 1.34. The maximum absolute atomic E-state index is 14.5. The van der Waals surface area contributed by atoms with E-state index in [1.54, 1.807) is 36.8 Å². The van der Waals surface area contributed by atoms with Crippen molar-refractivity contribution in [2.75, 3.05) is 18.5 Å². The average Bonchev–Trinajstić information content (AvgIpc) is 2.51. The summed E-state index contributed by atoms with van der Waals surface area (Å²) in [6, 6.07) is 5.48. The molecule has 104 valence electrons. The van der Waals surface area contributed by atoms with Crippen molar-refractivity contribution in [3.05, 3.63) is 42.6 Å². The van der Waals surface area contributed by atoms with E-state index in [9.17, 15) is 4.39 Å². The second kappa shape index (κ2) is 5.96. The van der Waals surface area contributed by atoms with Gasteiger partial charge in [-0.1, -0.05) is 0 Å². The third kappa shape index (κ3) is 2.77. The molecule has 1 aliphatic rings. The van der Waals surface area contributed by atoms with Gasteiger partial charge in [0.25, 0.3) is 0 Å². The summed E-state index contributed by atoms with van der Waals surface area (Å²) in [4.78, 5) is 8.06. The van der Waals surface area contributed by atoms with E-state index in [2.05, 4.69) is 15.3 Å². The molecule has 0 radical (unpaired) electrons. The molecule has 3 heterocycles. The van der Waals surface area contributed by atoms with Gasteiger partial charge in [-0.2, -0.15) is 0 Å². The standard InChI is InChI=1S/C15H16FN3O/c16-14-13(11-1-6-17-7-2-11)3-8-18-15(14)19-12-4-9-20-10-5-12/h1-3,6-8,12H,4-5,9-10H2,(H,18,19). The van der Waals surface area contributed by atoms with Crippen LogP contribution in [0.4, 0.5) is 10.2 Å². The first-order valence-corrected chi connectivity index (χ1v) is 6.74. The van der Waals surface area contributed by atoms with Crippen molar-refractivity contribution >= 4 is 5.82 Å². The van der Waals surface area contributed by atoms with Gasteiger partial charge in [0.05, 0.1) is 0 Å². The van der Waals surface area contributed by atoms with Gasteiger partial charge in [-0.05, 0) is 36.6 Å². The van der Waals surface area contributed by atoms with Crippen molar-refractivity contribution in [2.45, 2.75) is 18.9 Å². The second-order valence-electron chi connectivity index (χ2n) is 4.79. The number of halogens is 1. The zero-order valence-electron chi connectivity index (χ0n) is 11.1. The van der Waals surface area contributed by atoms with Gasteiger partial charge in [0, 0.05) is 43.4 Å². The third-order valence-corrected chi connectivity index (χ3v) is 3.44. The minimum atomic E-state index is -0.315. The molecule has 0 spiro atoms. The van der Waals surface area contributed by atoms with Gasteiger partial charge in [-0.15, -0.1) is 0 Å². The van der Waals surface area contributed by atoms with Crippen molar-refractivity contribution in [3.63, 3.8) is 0 Å². The highest BCUT2D eigenvalue weighted by molar-refractivity contribution is 5.66. The summed E-state index contributed by atoms with van der Waals surface area (Å²) < 4.78 is 19.8. The number of nitrogens with zero attached hydrogens (tertiary/aromatic N) is 2. The van der Waals surface area contributed by atoms with Crippen molar-refractivity contribution in [2.24, 2.45) is 0 Å². The second-order valence-corrected chi connectivity index (χ2v) is 4.79. The van der Waals surface area contributed by atoms with E-state index in [1.807, 2.05) is 0 Å². The predicted molar refractivity (Wildman–Crippen MR) is 74.9 cm³/mol. The Labute approximate surface area is 117 Å². The van der Waals surface area contributed by atoms with E-state index in [0.717, 1.165) is 18.4 Å². The van der Waals surface area contributed by atoms with Gasteiger partial charge in [-0.3, -0.25) is 4.98 Å². The Hall–Kier alpha value is -2.01. The van der Waals surface area contributed by atoms with Gasteiger partial charge in [0.2, 0.25) is 0 Å². The Morgan fingerprint density at radius 1 is 1.10 bits per heavy atom.